The normalized spacial score (nSPS) is 25.2. The van der Waals surface area contributed by atoms with Crippen LogP contribution in [-0.4, -0.2) is 34.7 Å². The van der Waals surface area contributed by atoms with Gasteiger partial charge in [0.2, 0.25) is 0 Å². The molecule has 4 atom stereocenters. The summed E-state index contributed by atoms with van der Waals surface area (Å²) >= 11 is 0. The molecule has 1 aromatic carbocycles. The lowest BCUT2D eigenvalue weighted by atomic mass is 9.75. The van der Waals surface area contributed by atoms with Crippen LogP contribution >= 0.6 is 0 Å². The third-order valence-corrected chi connectivity index (χ3v) is 6.15. The number of nitrogens with one attached hydrogen (secondary N) is 1. The second kappa shape index (κ2) is 8.69. The van der Waals surface area contributed by atoms with Crippen molar-refractivity contribution >= 4 is 17.5 Å². The van der Waals surface area contributed by atoms with Crippen molar-refractivity contribution in [1.29, 1.82) is 0 Å². The van der Waals surface area contributed by atoms with Gasteiger partial charge in [-0.25, -0.2) is 8.78 Å². The third kappa shape index (κ3) is 4.29. The number of nitrogens with zero attached hydrogens (tertiary/aromatic N) is 1. The Bertz CT molecular complexity index is 1090. The van der Waals surface area contributed by atoms with E-state index in [9.17, 15) is 31.5 Å². The molecule has 0 spiro atoms. The van der Waals surface area contributed by atoms with E-state index in [2.05, 4.69) is 10.3 Å². The van der Waals surface area contributed by atoms with Crippen LogP contribution in [-0.2, 0) is 16.0 Å². The van der Waals surface area contributed by atoms with Gasteiger partial charge in [0.15, 0.2) is 17.2 Å². The number of alkyl halides is 3. The Morgan fingerprint density at radius 2 is 1.91 bits per heavy atom. The van der Waals surface area contributed by atoms with Gasteiger partial charge in [0.05, 0.1) is 0 Å². The number of carbonyl (C=O) groups excluding carboxylic acids is 2. The molecule has 0 saturated carbocycles. The summed E-state index contributed by atoms with van der Waals surface area (Å²) < 4.78 is 75.5. The number of halogens is 5. The number of nitrogens with two attached hydrogens (primary N) is 1. The van der Waals surface area contributed by atoms with Gasteiger partial charge in [0.25, 0.3) is 11.8 Å². The summed E-state index contributed by atoms with van der Waals surface area (Å²) in [5.74, 6) is -6.69. The molecule has 2 heterocycles. The molecule has 178 valence electrons. The zero-order valence-electron chi connectivity index (χ0n) is 18.0. The molecular formula is C22H22F5N3O3. The van der Waals surface area contributed by atoms with E-state index >= 15 is 0 Å². The van der Waals surface area contributed by atoms with Gasteiger partial charge in [-0.05, 0) is 42.7 Å². The zero-order chi connectivity index (χ0) is 24.7. The molecule has 2 aromatic rings. The van der Waals surface area contributed by atoms with Crippen molar-refractivity contribution < 1.29 is 36.3 Å². The van der Waals surface area contributed by atoms with Gasteiger partial charge >= 0.3 is 6.18 Å². The maximum absolute atomic E-state index is 14.5. The molecule has 2 amide bonds. The lowest BCUT2D eigenvalue weighted by Crippen LogP contribution is -2.47. The van der Waals surface area contributed by atoms with Crippen molar-refractivity contribution in [3.63, 3.8) is 0 Å². The summed E-state index contributed by atoms with van der Waals surface area (Å²) in [6, 6.07) is 4.47. The molecule has 3 N–H and O–H groups in total. The molecule has 0 radical (unpaired) electrons. The van der Waals surface area contributed by atoms with Crippen LogP contribution in [0.2, 0.25) is 0 Å². The predicted molar refractivity (Wildman–Crippen MR) is 108 cm³/mol. The minimum absolute atomic E-state index is 0.00839. The van der Waals surface area contributed by atoms with E-state index in [-0.39, 0.29) is 28.9 Å². The molecule has 1 saturated heterocycles. The molecule has 1 aromatic heterocycles. The highest BCUT2D eigenvalue weighted by atomic mass is 19.4. The lowest BCUT2D eigenvalue weighted by Gasteiger charge is -2.32. The van der Waals surface area contributed by atoms with Gasteiger partial charge in [-0.3, -0.25) is 14.6 Å². The number of primary amides is 1. The lowest BCUT2D eigenvalue weighted by molar-refractivity contribution is -0.272. The summed E-state index contributed by atoms with van der Waals surface area (Å²) in [6.07, 6.45) is -5.35. The van der Waals surface area contributed by atoms with Crippen LogP contribution in [0.3, 0.4) is 0 Å². The molecule has 1 aliphatic heterocycles. The van der Waals surface area contributed by atoms with Gasteiger partial charge in [-0.2, -0.15) is 13.2 Å². The molecule has 3 rings (SSSR count). The molecule has 0 aliphatic carbocycles. The maximum Gasteiger partial charge on any atom is 0.417 e. The fraction of sp³-hybridized carbons (Fsp3) is 0.409. The highest BCUT2D eigenvalue weighted by Crippen LogP contribution is 2.54. The van der Waals surface area contributed by atoms with E-state index in [1.165, 1.54) is 32.2 Å². The average Bonchev–Trinajstić information content (AvgIpc) is 3.02. The van der Waals surface area contributed by atoms with Gasteiger partial charge in [-0.1, -0.05) is 19.9 Å². The van der Waals surface area contributed by atoms with E-state index in [0.717, 1.165) is 19.1 Å². The molecular weight excluding hydrogens is 449 g/mol. The van der Waals surface area contributed by atoms with Gasteiger partial charge < -0.3 is 15.8 Å². The monoisotopic (exact) mass is 471 g/mol. The first-order valence-corrected chi connectivity index (χ1v) is 10.1. The molecule has 11 heteroatoms. The van der Waals surface area contributed by atoms with Crippen molar-refractivity contribution in [2.75, 3.05) is 5.32 Å². The molecule has 33 heavy (non-hydrogen) atoms. The molecule has 1 aliphatic rings. The second-order valence-corrected chi connectivity index (χ2v) is 8.02. The Morgan fingerprint density at radius 1 is 1.24 bits per heavy atom. The molecule has 0 bridgehead atoms. The van der Waals surface area contributed by atoms with Crippen molar-refractivity contribution in [3.8, 4) is 0 Å². The van der Waals surface area contributed by atoms with Crippen molar-refractivity contribution in [2.45, 2.75) is 51.0 Å². The highest BCUT2D eigenvalue weighted by molar-refractivity contribution is 5.97. The van der Waals surface area contributed by atoms with Crippen LogP contribution in [0.15, 0.2) is 30.5 Å². The topological polar surface area (TPSA) is 94.3 Å². The number of pyridine rings is 1. The van der Waals surface area contributed by atoms with E-state index in [1.54, 1.807) is 0 Å². The van der Waals surface area contributed by atoms with Gasteiger partial charge in [0.1, 0.15) is 11.8 Å². The second-order valence-electron chi connectivity index (χ2n) is 8.02. The quantitative estimate of drug-likeness (QED) is 0.642. The van der Waals surface area contributed by atoms with E-state index in [4.69, 9.17) is 10.5 Å². The largest absolute Gasteiger partial charge is 0.417 e. The fourth-order valence-corrected chi connectivity index (χ4v) is 4.16. The number of rotatable bonds is 5. The summed E-state index contributed by atoms with van der Waals surface area (Å²) in [6.45, 7) is 3.60. The summed E-state index contributed by atoms with van der Waals surface area (Å²) in [4.78, 5) is 28.1. The third-order valence-electron chi connectivity index (χ3n) is 6.15. The first kappa shape index (κ1) is 24.6. The smallest absolute Gasteiger partial charge is 0.364 e. The minimum Gasteiger partial charge on any atom is -0.364 e. The first-order chi connectivity index (χ1) is 15.3. The van der Waals surface area contributed by atoms with Crippen molar-refractivity contribution in [2.24, 2.45) is 11.7 Å². The highest BCUT2D eigenvalue weighted by Gasteiger charge is 2.65. The van der Waals surface area contributed by atoms with Crippen LogP contribution in [0, 0.1) is 17.6 Å². The average molecular weight is 471 g/mol. The number of hydrogen-bond acceptors (Lipinski definition) is 4. The van der Waals surface area contributed by atoms with E-state index < -0.39 is 53.2 Å². The standard InChI is InChI=1S/C22H22F5N3O3/c1-4-12-13(5-6-14(23)17(12)24)16-10(2)21(3,22(25,26)27)33-18(16)20(32)30-11-7-8-29-15(9-11)19(28)31/h5-10,16,18H,4H2,1-3H3,(H2,28,31)(H,29,30,32)/t10-,16-,18-,21+/m1/s1. The van der Waals surface area contributed by atoms with Crippen LogP contribution in [0.25, 0.3) is 0 Å². The summed E-state index contributed by atoms with van der Waals surface area (Å²) in [7, 11) is 0. The Hall–Kier alpha value is -3.08. The Morgan fingerprint density at radius 3 is 2.48 bits per heavy atom. The molecule has 6 nitrogen and oxygen atoms in total. The number of anilines is 1. The van der Waals surface area contributed by atoms with Crippen molar-refractivity contribution in [3.05, 3.63) is 58.9 Å². The predicted octanol–water partition coefficient (Wildman–Crippen LogP) is 4.10. The van der Waals surface area contributed by atoms with Crippen LogP contribution in [0.1, 0.15) is 48.3 Å². The Kier molecular flexibility index (Phi) is 6.47. The Labute approximate surface area is 186 Å². The summed E-state index contributed by atoms with van der Waals surface area (Å²) in [5.41, 5.74) is 2.26. The van der Waals surface area contributed by atoms with E-state index in [0.29, 0.717) is 0 Å². The minimum atomic E-state index is -4.85. The van der Waals surface area contributed by atoms with Crippen LogP contribution in [0.5, 0.6) is 0 Å². The zero-order valence-corrected chi connectivity index (χ0v) is 18.0. The van der Waals surface area contributed by atoms with Crippen LogP contribution in [0.4, 0.5) is 27.6 Å². The number of ether oxygens (including phenoxy) is 1. The number of carbonyl (C=O) groups is 2. The number of aromatic nitrogens is 1. The number of hydrogen-bond donors (Lipinski definition) is 2. The number of amides is 2. The van der Waals surface area contributed by atoms with Gasteiger partial charge in [0, 0.05) is 23.7 Å². The van der Waals surface area contributed by atoms with Gasteiger partial charge in [-0.15, -0.1) is 0 Å². The van der Waals surface area contributed by atoms with Crippen LogP contribution < -0.4 is 11.1 Å². The van der Waals surface area contributed by atoms with Crippen molar-refractivity contribution in [1.82, 2.24) is 4.98 Å². The fourth-order valence-electron chi connectivity index (χ4n) is 4.16. The Balaban J connectivity index is 2.07. The molecule has 1 fully saturated rings. The molecule has 0 unspecified atom stereocenters. The van der Waals surface area contributed by atoms with E-state index in [1.807, 2.05) is 0 Å². The summed E-state index contributed by atoms with van der Waals surface area (Å²) in [5, 5.41) is 2.41. The maximum atomic E-state index is 14.5. The SMILES string of the molecule is CCc1c([C@H]2[C@@H](C)[C@@](C)(C(F)(F)F)O[C@H]2C(=O)Nc2ccnc(C(N)=O)c2)ccc(F)c1F. The first-order valence-electron chi connectivity index (χ1n) is 10.1. The number of benzene rings is 1.